The molecule has 2 rings (SSSR count). The highest BCUT2D eigenvalue weighted by atomic mass is 16.3. The molecule has 4 heteroatoms. The SMILES string of the molecule is CCNC(=O)CN(CC)C1CCc2cc(O)ccc21. The van der Waals surface area contributed by atoms with Crippen LogP contribution in [0, 0.1) is 0 Å². The zero-order valence-corrected chi connectivity index (χ0v) is 11.6. The highest BCUT2D eigenvalue weighted by molar-refractivity contribution is 5.78. The minimum atomic E-state index is 0.0802. The van der Waals surface area contributed by atoms with Crippen LogP contribution >= 0.6 is 0 Å². The number of hydrogen-bond acceptors (Lipinski definition) is 3. The van der Waals surface area contributed by atoms with Gasteiger partial charge in [-0.05, 0) is 49.6 Å². The molecule has 0 heterocycles. The zero-order chi connectivity index (χ0) is 13.8. The predicted octanol–water partition coefficient (Wildman–Crippen LogP) is 1.84. The Morgan fingerprint density at radius 3 is 2.95 bits per heavy atom. The minimum absolute atomic E-state index is 0.0802. The molecule has 0 bridgehead atoms. The van der Waals surface area contributed by atoms with E-state index in [1.807, 2.05) is 19.1 Å². The summed E-state index contributed by atoms with van der Waals surface area (Å²) in [6, 6.07) is 5.86. The van der Waals surface area contributed by atoms with E-state index < -0.39 is 0 Å². The van der Waals surface area contributed by atoms with Crippen LogP contribution in [0.3, 0.4) is 0 Å². The molecular formula is C15H22N2O2. The number of nitrogens with zero attached hydrogens (tertiary/aromatic N) is 1. The lowest BCUT2D eigenvalue weighted by Crippen LogP contribution is -2.38. The van der Waals surface area contributed by atoms with E-state index in [9.17, 15) is 9.90 Å². The third kappa shape index (κ3) is 3.07. The van der Waals surface area contributed by atoms with Crippen molar-refractivity contribution < 1.29 is 9.90 Å². The molecule has 0 saturated heterocycles. The first-order valence-electron chi connectivity index (χ1n) is 6.98. The lowest BCUT2D eigenvalue weighted by atomic mass is 10.1. The summed E-state index contributed by atoms with van der Waals surface area (Å²) in [6.07, 6.45) is 1.99. The summed E-state index contributed by atoms with van der Waals surface area (Å²) in [7, 11) is 0. The number of carbonyl (C=O) groups excluding carboxylic acids is 1. The van der Waals surface area contributed by atoms with E-state index in [2.05, 4.69) is 17.1 Å². The monoisotopic (exact) mass is 262 g/mol. The maximum atomic E-state index is 11.7. The van der Waals surface area contributed by atoms with E-state index in [4.69, 9.17) is 0 Å². The number of hydrogen-bond donors (Lipinski definition) is 2. The van der Waals surface area contributed by atoms with Crippen LogP contribution < -0.4 is 5.32 Å². The molecule has 0 saturated carbocycles. The molecule has 1 aliphatic rings. The van der Waals surface area contributed by atoms with Crippen LogP contribution in [-0.4, -0.2) is 35.5 Å². The van der Waals surface area contributed by atoms with Gasteiger partial charge < -0.3 is 10.4 Å². The van der Waals surface area contributed by atoms with Crippen molar-refractivity contribution in [3.8, 4) is 5.75 Å². The summed E-state index contributed by atoms with van der Waals surface area (Å²) < 4.78 is 0. The summed E-state index contributed by atoms with van der Waals surface area (Å²) >= 11 is 0. The molecule has 0 spiro atoms. The van der Waals surface area contributed by atoms with E-state index in [0.717, 1.165) is 19.4 Å². The number of nitrogens with one attached hydrogen (secondary N) is 1. The first-order chi connectivity index (χ1) is 9.15. The third-order valence-corrected chi connectivity index (χ3v) is 3.74. The van der Waals surface area contributed by atoms with Gasteiger partial charge in [-0.15, -0.1) is 0 Å². The van der Waals surface area contributed by atoms with Crippen molar-refractivity contribution in [3.05, 3.63) is 29.3 Å². The first kappa shape index (κ1) is 13.9. The van der Waals surface area contributed by atoms with Crippen LogP contribution in [-0.2, 0) is 11.2 Å². The topological polar surface area (TPSA) is 52.6 Å². The van der Waals surface area contributed by atoms with E-state index in [1.54, 1.807) is 6.07 Å². The molecule has 0 aliphatic heterocycles. The molecule has 0 fully saturated rings. The van der Waals surface area contributed by atoms with Gasteiger partial charge in [0.1, 0.15) is 5.75 Å². The van der Waals surface area contributed by atoms with Gasteiger partial charge in [0.25, 0.3) is 0 Å². The molecule has 19 heavy (non-hydrogen) atoms. The summed E-state index contributed by atoms with van der Waals surface area (Å²) in [5, 5.41) is 12.4. The molecule has 0 radical (unpaired) electrons. The number of amides is 1. The maximum absolute atomic E-state index is 11.7. The smallest absolute Gasteiger partial charge is 0.234 e. The van der Waals surface area contributed by atoms with Crippen molar-refractivity contribution in [2.24, 2.45) is 0 Å². The van der Waals surface area contributed by atoms with Crippen molar-refractivity contribution in [1.82, 2.24) is 10.2 Å². The number of aryl methyl sites for hydroxylation is 1. The number of benzene rings is 1. The molecule has 1 aliphatic carbocycles. The summed E-state index contributed by atoms with van der Waals surface area (Å²) in [4.78, 5) is 13.9. The molecule has 1 atom stereocenters. The zero-order valence-electron chi connectivity index (χ0n) is 11.6. The van der Waals surface area contributed by atoms with Crippen LogP contribution in [0.2, 0.25) is 0 Å². The van der Waals surface area contributed by atoms with Crippen molar-refractivity contribution in [2.45, 2.75) is 32.7 Å². The Hall–Kier alpha value is -1.55. The summed E-state index contributed by atoms with van der Waals surface area (Å²) in [5.74, 6) is 0.405. The number of fused-ring (bicyclic) bond motifs is 1. The second kappa shape index (κ2) is 6.06. The van der Waals surface area contributed by atoms with Gasteiger partial charge in [0.2, 0.25) is 5.91 Å². The number of phenols is 1. The number of rotatable bonds is 5. The lowest BCUT2D eigenvalue weighted by Gasteiger charge is -2.27. The Labute approximate surface area is 114 Å². The fourth-order valence-corrected chi connectivity index (χ4v) is 2.84. The molecule has 4 nitrogen and oxygen atoms in total. The van der Waals surface area contributed by atoms with Crippen LogP contribution in [0.4, 0.5) is 0 Å². The van der Waals surface area contributed by atoms with Crippen molar-refractivity contribution in [3.63, 3.8) is 0 Å². The summed E-state index contributed by atoms with van der Waals surface area (Å²) in [5.41, 5.74) is 2.46. The van der Waals surface area contributed by atoms with E-state index >= 15 is 0 Å². The highest BCUT2D eigenvalue weighted by Gasteiger charge is 2.28. The lowest BCUT2D eigenvalue weighted by molar-refractivity contribution is -0.122. The Morgan fingerprint density at radius 2 is 2.26 bits per heavy atom. The van der Waals surface area contributed by atoms with Crippen molar-refractivity contribution in [1.29, 1.82) is 0 Å². The first-order valence-corrected chi connectivity index (χ1v) is 6.98. The molecule has 104 valence electrons. The Kier molecular flexibility index (Phi) is 4.43. The fraction of sp³-hybridized carbons (Fsp3) is 0.533. The van der Waals surface area contributed by atoms with Gasteiger partial charge in [0.15, 0.2) is 0 Å². The molecule has 0 aromatic heterocycles. The normalized spacial score (nSPS) is 17.5. The number of carbonyl (C=O) groups is 1. The van der Waals surface area contributed by atoms with Gasteiger partial charge in [0.05, 0.1) is 6.54 Å². The van der Waals surface area contributed by atoms with Crippen LogP contribution in [0.15, 0.2) is 18.2 Å². The van der Waals surface area contributed by atoms with Crippen LogP contribution in [0.1, 0.15) is 37.4 Å². The van der Waals surface area contributed by atoms with Gasteiger partial charge in [-0.3, -0.25) is 9.69 Å². The standard InChI is InChI=1S/C15H22N2O2/c1-3-16-15(19)10-17(4-2)14-8-5-11-9-12(18)6-7-13(11)14/h6-7,9,14,18H,3-5,8,10H2,1-2H3,(H,16,19). The predicted molar refractivity (Wildman–Crippen MR) is 75.1 cm³/mol. The van der Waals surface area contributed by atoms with E-state index in [0.29, 0.717) is 24.9 Å². The third-order valence-electron chi connectivity index (χ3n) is 3.74. The molecule has 2 N–H and O–H groups in total. The van der Waals surface area contributed by atoms with Gasteiger partial charge in [-0.2, -0.15) is 0 Å². The maximum Gasteiger partial charge on any atom is 0.234 e. The van der Waals surface area contributed by atoms with Gasteiger partial charge in [-0.1, -0.05) is 13.0 Å². The second-order valence-corrected chi connectivity index (χ2v) is 4.95. The molecule has 1 aromatic rings. The largest absolute Gasteiger partial charge is 0.508 e. The average molecular weight is 262 g/mol. The summed E-state index contributed by atoms with van der Waals surface area (Å²) in [6.45, 7) is 5.97. The van der Waals surface area contributed by atoms with Crippen molar-refractivity contribution in [2.75, 3.05) is 19.6 Å². The van der Waals surface area contributed by atoms with Crippen LogP contribution in [0.5, 0.6) is 5.75 Å². The van der Waals surface area contributed by atoms with Crippen molar-refractivity contribution >= 4 is 5.91 Å². The molecule has 1 aromatic carbocycles. The number of likely N-dealkylation sites (N-methyl/N-ethyl adjacent to an activating group) is 2. The second-order valence-electron chi connectivity index (χ2n) is 4.95. The Balaban J connectivity index is 2.12. The molecule has 1 amide bonds. The molecule has 1 unspecified atom stereocenters. The van der Waals surface area contributed by atoms with Gasteiger partial charge in [0, 0.05) is 12.6 Å². The molecular weight excluding hydrogens is 240 g/mol. The Morgan fingerprint density at radius 1 is 1.47 bits per heavy atom. The van der Waals surface area contributed by atoms with Gasteiger partial charge in [-0.25, -0.2) is 0 Å². The average Bonchev–Trinajstić information content (AvgIpc) is 2.79. The number of aromatic hydroxyl groups is 1. The fourth-order valence-electron chi connectivity index (χ4n) is 2.84. The van der Waals surface area contributed by atoms with E-state index in [1.165, 1.54) is 11.1 Å². The van der Waals surface area contributed by atoms with Gasteiger partial charge >= 0.3 is 0 Å². The number of phenolic OH excluding ortho intramolecular Hbond substituents is 1. The quantitative estimate of drug-likeness (QED) is 0.851. The van der Waals surface area contributed by atoms with E-state index in [-0.39, 0.29) is 5.91 Å². The van der Waals surface area contributed by atoms with Crippen LogP contribution in [0.25, 0.3) is 0 Å². The Bertz CT molecular complexity index is 459. The minimum Gasteiger partial charge on any atom is -0.508 e. The highest BCUT2D eigenvalue weighted by Crippen LogP contribution is 2.37.